The molecule has 0 unspecified atom stereocenters. The average Bonchev–Trinajstić information content (AvgIpc) is 3.01. The van der Waals surface area contributed by atoms with Crippen LogP contribution in [0.2, 0.25) is 0 Å². The van der Waals surface area contributed by atoms with E-state index in [4.69, 9.17) is 0 Å². The van der Waals surface area contributed by atoms with Gasteiger partial charge in [-0.1, -0.05) is 66.7 Å². The molecule has 1 saturated heterocycles. The van der Waals surface area contributed by atoms with Gasteiger partial charge in [0.25, 0.3) is 0 Å². The minimum Gasteiger partial charge on any atom is -0.480 e. The summed E-state index contributed by atoms with van der Waals surface area (Å²) in [5, 5.41) is 9.24. The summed E-state index contributed by atoms with van der Waals surface area (Å²) < 4.78 is 13.6. The fourth-order valence-corrected chi connectivity index (χ4v) is 3.36. The van der Waals surface area contributed by atoms with Crippen LogP contribution in [0.1, 0.15) is 24.0 Å². The molecule has 1 fully saturated rings. The van der Waals surface area contributed by atoms with Gasteiger partial charge in [-0.2, -0.15) is 0 Å². The SMILES string of the molecule is O=C(O)[C@@H]1C[C@@H](F)CN1CCC=C(c1ccccc1)c1ccccc1. The van der Waals surface area contributed by atoms with Crippen LogP contribution in [0.15, 0.2) is 66.7 Å². The van der Waals surface area contributed by atoms with Crippen molar-refractivity contribution in [3.63, 3.8) is 0 Å². The van der Waals surface area contributed by atoms with E-state index < -0.39 is 18.2 Å². The van der Waals surface area contributed by atoms with E-state index in [1.165, 1.54) is 0 Å². The van der Waals surface area contributed by atoms with Crippen molar-refractivity contribution < 1.29 is 14.3 Å². The number of rotatable bonds is 6. The third-order valence-electron chi connectivity index (χ3n) is 4.57. The second kappa shape index (κ2) is 8.08. The Morgan fingerprint density at radius 3 is 2.16 bits per heavy atom. The zero-order valence-electron chi connectivity index (χ0n) is 14.0. The monoisotopic (exact) mass is 339 g/mol. The smallest absolute Gasteiger partial charge is 0.321 e. The molecular formula is C21H22FNO2. The van der Waals surface area contributed by atoms with Crippen LogP contribution in [-0.4, -0.2) is 41.3 Å². The van der Waals surface area contributed by atoms with Crippen molar-refractivity contribution in [2.75, 3.05) is 13.1 Å². The minimum atomic E-state index is -1.05. The average molecular weight is 339 g/mol. The second-order valence-corrected chi connectivity index (χ2v) is 6.32. The van der Waals surface area contributed by atoms with Crippen molar-refractivity contribution in [2.24, 2.45) is 0 Å². The van der Waals surface area contributed by atoms with E-state index in [0.717, 1.165) is 16.7 Å². The van der Waals surface area contributed by atoms with Gasteiger partial charge in [0.1, 0.15) is 12.2 Å². The number of aliphatic carboxylic acids is 1. The molecule has 1 aliphatic rings. The third kappa shape index (κ3) is 4.34. The molecule has 0 bridgehead atoms. The number of benzene rings is 2. The van der Waals surface area contributed by atoms with E-state index in [1.807, 2.05) is 36.4 Å². The van der Waals surface area contributed by atoms with Gasteiger partial charge in [-0.25, -0.2) is 4.39 Å². The highest BCUT2D eigenvalue weighted by Crippen LogP contribution is 2.25. The van der Waals surface area contributed by atoms with Crippen molar-refractivity contribution in [2.45, 2.75) is 25.1 Å². The van der Waals surface area contributed by atoms with Gasteiger partial charge in [-0.3, -0.25) is 9.69 Å². The molecule has 0 spiro atoms. The third-order valence-corrected chi connectivity index (χ3v) is 4.57. The van der Waals surface area contributed by atoms with Gasteiger partial charge in [0.15, 0.2) is 0 Å². The standard InChI is InChI=1S/C21H22FNO2/c22-18-14-20(21(24)25)23(15-18)13-7-12-19(16-8-3-1-4-9-16)17-10-5-2-6-11-17/h1-6,8-12,18,20H,7,13-15H2,(H,24,25)/t18-,20+/m1/s1. The first-order valence-corrected chi connectivity index (χ1v) is 8.57. The Balaban J connectivity index is 1.77. The van der Waals surface area contributed by atoms with Crippen LogP contribution >= 0.6 is 0 Å². The van der Waals surface area contributed by atoms with E-state index in [9.17, 15) is 14.3 Å². The lowest BCUT2D eigenvalue weighted by Crippen LogP contribution is -2.36. The maximum absolute atomic E-state index is 13.6. The molecule has 130 valence electrons. The Labute approximate surface area is 147 Å². The number of carboxylic acid groups (broad SMARTS) is 1. The molecular weight excluding hydrogens is 317 g/mol. The molecule has 2 aromatic rings. The molecule has 3 nitrogen and oxygen atoms in total. The summed E-state index contributed by atoms with van der Waals surface area (Å²) in [5.41, 5.74) is 3.35. The molecule has 2 atom stereocenters. The Hall–Kier alpha value is -2.46. The van der Waals surface area contributed by atoms with E-state index >= 15 is 0 Å². The van der Waals surface area contributed by atoms with E-state index in [1.54, 1.807) is 4.90 Å². The summed E-state index contributed by atoms with van der Waals surface area (Å²) >= 11 is 0. The Morgan fingerprint density at radius 1 is 1.08 bits per heavy atom. The first kappa shape index (κ1) is 17.4. The molecule has 3 rings (SSSR count). The molecule has 25 heavy (non-hydrogen) atoms. The molecule has 0 saturated carbocycles. The van der Waals surface area contributed by atoms with Gasteiger partial charge < -0.3 is 5.11 Å². The maximum atomic E-state index is 13.6. The summed E-state index contributed by atoms with van der Waals surface area (Å²) in [4.78, 5) is 13.0. The first-order valence-electron chi connectivity index (χ1n) is 8.57. The summed E-state index contributed by atoms with van der Waals surface area (Å²) in [7, 11) is 0. The highest BCUT2D eigenvalue weighted by Gasteiger charge is 2.36. The van der Waals surface area contributed by atoms with E-state index in [-0.39, 0.29) is 13.0 Å². The highest BCUT2D eigenvalue weighted by atomic mass is 19.1. The number of alkyl halides is 1. The molecule has 0 amide bonds. The van der Waals surface area contributed by atoms with Gasteiger partial charge in [0, 0.05) is 19.5 Å². The Morgan fingerprint density at radius 2 is 1.64 bits per heavy atom. The minimum absolute atomic E-state index is 0.0866. The van der Waals surface area contributed by atoms with Crippen LogP contribution < -0.4 is 0 Å². The van der Waals surface area contributed by atoms with Crippen LogP contribution in [0.4, 0.5) is 4.39 Å². The Kier molecular flexibility index (Phi) is 5.61. The van der Waals surface area contributed by atoms with Crippen LogP contribution in [-0.2, 0) is 4.79 Å². The number of carboxylic acids is 1. The fourth-order valence-electron chi connectivity index (χ4n) is 3.36. The van der Waals surface area contributed by atoms with Gasteiger partial charge >= 0.3 is 5.97 Å². The summed E-state index contributed by atoms with van der Waals surface area (Å²) in [6, 6.07) is 19.5. The molecule has 0 aliphatic carbocycles. The van der Waals surface area contributed by atoms with Crippen molar-refractivity contribution in [3.05, 3.63) is 77.9 Å². The number of likely N-dealkylation sites (tertiary alicyclic amines) is 1. The zero-order chi connectivity index (χ0) is 17.6. The van der Waals surface area contributed by atoms with Gasteiger partial charge in [0.05, 0.1) is 0 Å². The number of hydrogen-bond acceptors (Lipinski definition) is 2. The van der Waals surface area contributed by atoms with Gasteiger partial charge in [0.2, 0.25) is 0 Å². The van der Waals surface area contributed by atoms with Crippen molar-refractivity contribution >= 4 is 11.5 Å². The normalized spacial score (nSPS) is 20.4. The van der Waals surface area contributed by atoms with Gasteiger partial charge in [-0.15, -0.1) is 0 Å². The van der Waals surface area contributed by atoms with Crippen LogP contribution in [0.5, 0.6) is 0 Å². The Bertz CT molecular complexity index is 689. The lowest BCUT2D eigenvalue weighted by atomic mass is 9.97. The van der Waals surface area contributed by atoms with Gasteiger partial charge in [-0.05, 0) is 23.1 Å². The molecule has 1 aliphatic heterocycles. The maximum Gasteiger partial charge on any atom is 0.321 e. The summed E-state index contributed by atoms with van der Waals surface area (Å²) in [6.07, 6.45) is 1.83. The number of halogens is 1. The van der Waals surface area contributed by atoms with Crippen molar-refractivity contribution in [1.29, 1.82) is 0 Å². The van der Waals surface area contributed by atoms with Crippen molar-refractivity contribution in [1.82, 2.24) is 4.90 Å². The zero-order valence-corrected chi connectivity index (χ0v) is 14.0. The van der Waals surface area contributed by atoms with Crippen LogP contribution in [0, 0.1) is 0 Å². The summed E-state index contributed by atoms with van der Waals surface area (Å²) in [6.45, 7) is 0.747. The largest absolute Gasteiger partial charge is 0.480 e. The topological polar surface area (TPSA) is 40.5 Å². The summed E-state index contributed by atoms with van der Waals surface area (Å²) in [5.74, 6) is -0.935. The number of nitrogens with zero attached hydrogens (tertiary/aromatic N) is 1. The molecule has 0 radical (unpaired) electrons. The van der Waals surface area contributed by atoms with Crippen LogP contribution in [0.25, 0.3) is 5.57 Å². The highest BCUT2D eigenvalue weighted by molar-refractivity contribution is 5.79. The number of hydrogen-bond donors (Lipinski definition) is 1. The van der Waals surface area contributed by atoms with E-state index in [0.29, 0.717) is 13.0 Å². The molecule has 0 aromatic heterocycles. The predicted octanol–water partition coefficient (Wildman–Crippen LogP) is 4.01. The molecule has 2 aromatic carbocycles. The first-order chi connectivity index (χ1) is 12.1. The van der Waals surface area contributed by atoms with Crippen molar-refractivity contribution in [3.8, 4) is 0 Å². The lowest BCUT2D eigenvalue weighted by Gasteiger charge is -2.20. The van der Waals surface area contributed by atoms with E-state index in [2.05, 4.69) is 30.3 Å². The quantitative estimate of drug-likeness (QED) is 0.865. The van der Waals surface area contributed by atoms with Crippen LogP contribution in [0.3, 0.4) is 0 Å². The fraction of sp³-hybridized carbons (Fsp3) is 0.286. The lowest BCUT2D eigenvalue weighted by molar-refractivity contribution is -0.142. The second-order valence-electron chi connectivity index (χ2n) is 6.32. The number of carbonyl (C=O) groups is 1. The molecule has 4 heteroatoms. The molecule has 1 N–H and O–H groups in total. The molecule has 1 heterocycles. The predicted molar refractivity (Wildman–Crippen MR) is 97.1 cm³/mol.